The molecule has 0 spiro atoms. The summed E-state index contributed by atoms with van der Waals surface area (Å²) in [5.41, 5.74) is 4.26. The van der Waals surface area contributed by atoms with Crippen LogP contribution < -0.4 is 0 Å². The first-order valence-corrected chi connectivity index (χ1v) is 9.41. The Morgan fingerprint density at radius 3 is 2.61 bits per heavy atom. The number of aromatic nitrogens is 5. The predicted octanol–water partition coefficient (Wildman–Crippen LogP) is 2.28. The summed E-state index contributed by atoms with van der Waals surface area (Å²) in [5, 5.41) is 25.2. The lowest BCUT2D eigenvalue weighted by atomic mass is 9.89. The molecule has 0 atom stereocenters. The maximum Gasteiger partial charge on any atom is 0.248 e. The summed E-state index contributed by atoms with van der Waals surface area (Å²) < 4.78 is 0. The molecular formula is C19H19ClN6O2. The van der Waals surface area contributed by atoms with Gasteiger partial charge in [-0.25, -0.2) is 4.98 Å². The van der Waals surface area contributed by atoms with Crippen molar-refractivity contribution in [2.24, 2.45) is 0 Å². The number of aliphatic hydroxyl groups is 1. The number of nitrogens with zero attached hydrogens (tertiary/aromatic N) is 5. The van der Waals surface area contributed by atoms with Crippen LogP contribution in [0.5, 0.6) is 0 Å². The number of piperidine rings is 1. The summed E-state index contributed by atoms with van der Waals surface area (Å²) in [5.74, 6) is -0.0357. The average Bonchev–Trinajstić information content (AvgIpc) is 3.19. The summed E-state index contributed by atoms with van der Waals surface area (Å²) in [6, 6.07) is 7.49. The summed E-state index contributed by atoms with van der Waals surface area (Å²) in [4.78, 5) is 17.8. The number of rotatable bonds is 4. The van der Waals surface area contributed by atoms with Gasteiger partial charge in [0.25, 0.3) is 0 Å². The van der Waals surface area contributed by atoms with Gasteiger partial charge in [-0.15, -0.1) is 5.10 Å². The molecule has 1 aliphatic heterocycles. The van der Waals surface area contributed by atoms with E-state index >= 15 is 0 Å². The lowest BCUT2D eigenvalue weighted by Crippen LogP contribution is -2.39. The Balaban J connectivity index is 1.70. The highest BCUT2D eigenvalue weighted by atomic mass is 35.5. The molecule has 0 bridgehead atoms. The molecule has 2 N–H and O–H groups in total. The first-order valence-electron chi connectivity index (χ1n) is 9.03. The number of benzene rings is 1. The zero-order chi connectivity index (χ0) is 19.5. The molecule has 144 valence electrons. The van der Waals surface area contributed by atoms with Gasteiger partial charge in [-0.1, -0.05) is 23.7 Å². The summed E-state index contributed by atoms with van der Waals surface area (Å²) in [7, 11) is 0. The van der Waals surface area contributed by atoms with Crippen molar-refractivity contribution in [1.82, 2.24) is 30.3 Å². The lowest BCUT2D eigenvalue weighted by molar-refractivity contribution is -0.135. The van der Waals surface area contributed by atoms with E-state index < -0.39 is 6.61 Å². The second kappa shape index (κ2) is 8.04. The minimum absolute atomic E-state index is 0.196. The zero-order valence-electron chi connectivity index (χ0n) is 15.0. The third-order valence-corrected chi connectivity index (χ3v) is 5.31. The van der Waals surface area contributed by atoms with Gasteiger partial charge in [-0.3, -0.25) is 9.89 Å². The van der Waals surface area contributed by atoms with E-state index in [4.69, 9.17) is 16.7 Å². The van der Waals surface area contributed by atoms with E-state index in [0.29, 0.717) is 23.8 Å². The number of aliphatic hydroxyl groups excluding tert-OH is 1. The fourth-order valence-electron chi connectivity index (χ4n) is 3.61. The summed E-state index contributed by atoms with van der Waals surface area (Å²) in [6.07, 6.45) is 4.59. The Kier molecular flexibility index (Phi) is 5.31. The molecule has 28 heavy (non-hydrogen) atoms. The van der Waals surface area contributed by atoms with Crippen LogP contribution in [-0.4, -0.2) is 61.0 Å². The molecule has 3 heterocycles. The topological polar surface area (TPSA) is 108 Å². The van der Waals surface area contributed by atoms with Crippen molar-refractivity contribution in [3.05, 3.63) is 47.5 Å². The van der Waals surface area contributed by atoms with Crippen LogP contribution in [0.3, 0.4) is 0 Å². The number of likely N-dealkylation sites (tertiary alicyclic amines) is 1. The van der Waals surface area contributed by atoms with E-state index in [9.17, 15) is 4.79 Å². The van der Waals surface area contributed by atoms with E-state index in [0.717, 1.165) is 35.4 Å². The third-order valence-electron chi connectivity index (χ3n) is 5.05. The van der Waals surface area contributed by atoms with Crippen molar-refractivity contribution in [2.75, 3.05) is 19.7 Å². The van der Waals surface area contributed by atoms with Crippen molar-refractivity contribution in [1.29, 1.82) is 0 Å². The average molecular weight is 399 g/mol. The maximum absolute atomic E-state index is 11.7. The largest absolute Gasteiger partial charge is 0.387 e. The monoisotopic (exact) mass is 398 g/mol. The normalized spacial score (nSPS) is 15.0. The van der Waals surface area contributed by atoms with Gasteiger partial charge in [0, 0.05) is 35.3 Å². The van der Waals surface area contributed by atoms with E-state index in [-0.39, 0.29) is 11.8 Å². The molecule has 4 rings (SSSR count). The molecule has 1 aliphatic rings. The van der Waals surface area contributed by atoms with Crippen LogP contribution >= 0.6 is 11.6 Å². The smallest absolute Gasteiger partial charge is 0.248 e. The second-order valence-corrected chi connectivity index (χ2v) is 7.11. The van der Waals surface area contributed by atoms with Crippen molar-refractivity contribution in [3.63, 3.8) is 0 Å². The van der Waals surface area contributed by atoms with Crippen LogP contribution in [0.4, 0.5) is 0 Å². The Morgan fingerprint density at radius 2 is 1.96 bits per heavy atom. The molecule has 1 saturated heterocycles. The van der Waals surface area contributed by atoms with Gasteiger partial charge in [0.15, 0.2) is 0 Å². The maximum atomic E-state index is 11.7. The van der Waals surface area contributed by atoms with E-state index in [1.807, 2.05) is 24.3 Å². The number of H-pyrrole nitrogens is 1. The standard InChI is InChI=1S/C19H19ClN6O2/c20-14-3-1-12(2-4-14)18-17(15-9-22-23-11-21-15)19(25-24-18)13-5-7-26(8-6-13)16(28)10-27/h1-4,9,11,13,27H,5-8,10H2,(H,24,25). The van der Waals surface area contributed by atoms with Gasteiger partial charge in [-0.2, -0.15) is 10.2 Å². The molecule has 1 amide bonds. The Bertz CT molecular complexity index is 952. The third kappa shape index (κ3) is 3.61. The molecule has 0 aliphatic carbocycles. The van der Waals surface area contributed by atoms with Crippen LogP contribution in [0.2, 0.25) is 5.02 Å². The predicted molar refractivity (Wildman–Crippen MR) is 103 cm³/mol. The van der Waals surface area contributed by atoms with Crippen LogP contribution in [-0.2, 0) is 4.79 Å². The van der Waals surface area contributed by atoms with Gasteiger partial charge in [0.2, 0.25) is 5.91 Å². The molecule has 2 aromatic heterocycles. The Hall–Kier alpha value is -2.84. The molecule has 3 aromatic rings. The number of hydrogen-bond donors (Lipinski definition) is 2. The van der Waals surface area contributed by atoms with Crippen molar-refractivity contribution in [3.8, 4) is 22.5 Å². The first kappa shape index (κ1) is 18.5. The van der Waals surface area contributed by atoms with E-state index in [1.54, 1.807) is 11.1 Å². The van der Waals surface area contributed by atoms with Crippen molar-refractivity contribution in [2.45, 2.75) is 18.8 Å². The van der Waals surface area contributed by atoms with Gasteiger partial charge in [0.05, 0.1) is 17.5 Å². The van der Waals surface area contributed by atoms with Gasteiger partial charge >= 0.3 is 0 Å². The Morgan fingerprint density at radius 1 is 1.21 bits per heavy atom. The minimum Gasteiger partial charge on any atom is -0.387 e. The summed E-state index contributed by atoms with van der Waals surface area (Å²) >= 11 is 6.03. The highest BCUT2D eigenvalue weighted by Gasteiger charge is 2.29. The zero-order valence-corrected chi connectivity index (χ0v) is 15.8. The van der Waals surface area contributed by atoms with Gasteiger partial charge in [0.1, 0.15) is 18.6 Å². The number of nitrogens with one attached hydrogen (secondary N) is 1. The van der Waals surface area contributed by atoms with Crippen LogP contribution in [0.15, 0.2) is 36.8 Å². The Labute approximate surface area is 166 Å². The number of carbonyl (C=O) groups is 1. The number of amides is 1. The summed E-state index contributed by atoms with van der Waals surface area (Å²) in [6.45, 7) is 0.745. The van der Waals surface area contributed by atoms with E-state index in [2.05, 4.69) is 25.4 Å². The number of aromatic amines is 1. The van der Waals surface area contributed by atoms with Gasteiger partial charge < -0.3 is 10.0 Å². The van der Waals surface area contributed by atoms with Gasteiger partial charge in [-0.05, 0) is 25.0 Å². The quantitative estimate of drug-likeness (QED) is 0.698. The molecule has 8 nitrogen and oxygen atoms in total. The first-order chi connectivity index (χ1) is 13.7. The fraction of sp³-hybridized carbons (Fsp3) is 0.316. The SMILES string of the molecule is O=C(CO)N1CCC(c2[nH]nc(-c3ccc(Cl)cc3)c2-c2cnncn2)CC1. The molecule has 1 fully saturated rings. The van der Waals surface area contributed by atoms with E-state index in [1.165, 1.54) is 6.33 Å². The van der Waals surface area contributed by atoms with Crippen LogP contribution in [0.25, 0.3) is 22.5 Å². The molecule has 0 radical (unpaired) electrons. The molecule has 1 aromatic carbocycles. The number of carbonyl (C=O) groups excluding carboxylic acids is 1. The fourth-order valence-corrected chi connectivity index (χ4v) is 3.74. The molecule has 9 heteroatoms. The molecule has 0 saturated carbocycles. The van der Waals surface area contributed by atoms with Crippen molar-refractivity contribution >= 4 is 17.5 Å². The highest BCUT2D eigenvalue weighted by molar-refractivity contribution is 6.30. The second-order valence-electron chi connectivity index (χ2n) is 6.67. The number of halogens is 1. The lowest BCUT2D eigenvalue weighted by Gasteiger charge is -2.31. The number of hydrogen-bond acceptors (Lipinski definition) is 6. The van der Waals surface area contributed by atoms with Crippen LogP contribution in [0.1, 0.15) is 24.5 Å². The molecular weight excluding hydrogens is 380 g/mol. The molecule has 0 unspecified atom stereocenters. The minimum atomic E-state index is -0.451. The van der Waals surface area contributed by atoms with Crippen LogP contribution in [0, 0.1) is 0 Å². The van der Waals surface area contributed by atoms with Crippen molar-refractivity contribution < 1.29 is 9.90 Å². The highest BCUT2D eigenvalue weighted by Crippen LogP contribution is 2.39.